The van der Waals surface area contributed by atoms with Crippen LogP contribution in [0, 0.1) is 5.82 Å². The molecule has 0 saturated heterocycles. The minimum Gasteiger partial charge on any atom is -0.374 e. The van der Waals surface area contributed by atoms with Crippen LogP contribution >= 0.6 is 23.2 Å². The molecule has 0 aliphatic carbocycles. The predicted molar refractivity (Wildman–Crippen MR) is 127 cm³/mol. The van der Waals surface area contributed by atoms with E-state index in [-0.39, 0.29) is 21.3 Å². The molecule has 1 unspecified atom stereocenters. The fourth-order valence-electron chi connectivity index (χ4n) is 4.06. The number of halogens is 3. The van der Waals surface area contributed by atoms with Crippen LogP contribution in [0.5, 0.6) is 0 Å². The molecule has 3 aromatic heterocycles. The molecule has 5 rings (SSSR count). The van der Waals surface area contributed by atoms with E-state index in [2.05, 4.69) is 15.0 Å². The smallest absolute Gasteiger partial charge is 0.158 e. The molecule has 0 amide bonds. The van der Waals surface area contributed by atoms with Crippen LogP contribution in [-0.4, -0.2) is 24.6 Å². The second-order valence-electron chi connectivity index (χ2n) is 7.65. The number of aromatic nitrogens is 4. The van der Waals surface area contributed by atoms with Crippen molar-refractivity contribution in [3.8, 4) is 11.1 Å². The summed E-state index contributed by atoms with van der Waals surface area (Å²) in [4.78, 5) is 12.6. The molecule has 33 heavy (non-hydrogen) atoms. The van der Waals surface area contributed by atoms with Gasteiger partial charge in [0, 0.05) is 36.0 Å². The minimum atomic E-state index is -1.75. The molecule has 1 N–H and O–H groups in total. The molecule has 8 heteroatoms. The second-order valence-corrected chi connectivity index (χ2v) is 8.39. The molecule has 5 aromatic rings. The van der Waals surface area contributed by atoms with Crippen LogP contribution in [0.25, 0.3) is 22.0 Å². The highest BCUT2D eigenvalue weighted by atomic mass is 35.5. The fraction of sp³-hybridized carbons (Fsp3) is 0.0800. The van der Waals surface area contributed by atoms with Crippen LogP contribution in [0.15, 0.2) is 79.5 Å². The van der Waals surface area contributed by atoms with Gasteiger partial charge in [0.1, 0.15) is 16.5 Å². The van der Waals surface area contributed by atoms with E-state index in [1.807, 2.05) is 30.3 Å². The molecule has 1 atom stereocenters. The number of fused-ring (bicyclic) bond motifs is 1. The minimum absolute atomic E-state index is 0.0203. The maximum absolute atomic E-state index is 15.4. The molecular formula is C25H17Cl2FN4O. The van der Waals surface area contributed by atoms with Crippen molar-refractivity contribution < 1.29 is 9.50 Å². The molecule has 0 saturated carbocycles. The molecular weight excluding hydrogens is 462 g/mol. The molecule has 0 fully saturated rings. The van der Waals surface area contributed by atoms with Gasteiger partial charge in [-0.25, -0.2) is 14.4 Å². The highest BCUT2D eigenvalue weighted by molar-refractivity contribution is 6.42. The van der Waals surface area contributed by atoms with Crippen molar-refractivity contribution in [3.63, 3.8) is 0 Å². The number of aliphatic hydroxyl groups is 1. The van der Waals surface area contributed by atoms with Crippen LogP contribution in [0.3, 0.4) is 0 Å². The van der Waals surface area contributed by atoms with Crippen molar-refractivity contribution in [2.24, 2.45) is 7.05 Å². The molecule has 0 radical (unpaired) electrons. The number of nitrogens with zero attached hydrogens (tertiary/aromatic N) is 4. The number of hydrogen-bond acceptors (Lipinski definition) is 4. The lowest BCUT2D eigenvalue weighted by Gasteiger charge is -2.30. The van der Waals surface area contributed by atoms with Crippen molar-refractivity contribution in [1.82, 2.24) is 19.5 Å². The Bertz CT molecular complexity index is 1470. The Kier molecular flexibility index (Phi) is 5.37. The van der Waals surface area contributed by atoms with Gasteiger partial charge in [-0.05, 0) is 29.3 Å². The Morgan fingerprint density at radius 2 is 1.76 bits per heavy atom. The summed E-state index contributed by atoms with van der Waals surface area (Å²) in [7, 11) is 1.75. The Morgan fingerprint density at radius 1 is 0.970 bits per heavy atom. The molecule has 0 spiro atoms. The van der Waals surface area contributed by atoms with Crippen molar-refractivity contribution in [3.05, 3.63) is 112 Å². The third-order valence-corrected chi connectivity index (χ3v) is 6.35. The Balaban J connectivity index is 1.83. The Morgan fingerprint density at radius 3 is 2.42 bits per heavy atom. The number of hydrogen-bond donors (Lipinski definition) is 1. The lowest BCUT2D eigenvalue weighted by Crippen LogP contribution is -2.31. The SMILES string of the molecule is Cn1cncc1C(O)(c1cccnc1)c1cc(F)c2nc(Cl)c(-c3ccccc3)c(Cl)c2c1. The fourth-order valence-corrected chi connectivity index (χ4v) is 4.74. The third-order valence-electron chi connectivity index (χ3n) is 5.68. The molecule has 164 valence electrons. The quantitative estimate of drug-likeness (QED) is 0.333. The Labute approximate surface area is 199 Å². The first-order chi connectivity index (χ1) is 15.9. The van der Waals surface area contributed by atoms with Crippen molar-refractivity contribution in [2.75, 3.05) is 0 Å². The maximum Gasteiger partial charge on any atom is 0.158 e. The molecule has 5 nitrogen and oxygen atoms in total. The number of aryl methyl sites for hydroxylation is 1. The monoisotopic (exact) mass is 478 g/mol. The van der Waals surface area contributed by atoms with Gasteiger partial charge in [0.05, 0.1) is 23.2 Å². The summed E-state index contributed by atoms with van der Waals surface area (Å²) >= 11 is 13.2. The highest BCUT2D eigenvalue weighted by Gasteiger charge is 2.38. The lowest BCUT2D eigenvalue weighted by atomic mass is 9.83. The van der Waals surface area contributed by atoms with Gasteiger partial charge in [-0.15, -0.1) is 0 Å². The zero-order valence-electron chi connectivity index (χ0n) is 17.4. The number of rotatable bonds is 4. The standard InChI is InChI=1S/C25H17Cl2FN4O/c1-32-14-30-13-20(32)25(33,16-8-5-9-29-12-16)17-10-18-22(26)21(15-6-3-2-4-7-15)24(27)31-23(18)19(28)11-17/h2-14,33H,1H3. The zero-order valence-corrected chi connectivity index (χ0v) is 18.9. The van der Waals surface area contributed by atoms with E-state index in [1.165, 1.54) is 18.5 Å². The number of pyridine rings is 2. The first kappa shape index (κ1) is 21.5. The van der Waals surface area contributed by atoms with Crippen LogP contribution in [-0.2, 0) is 12.6 Å². The summed E-state index contributed by atoms with van der Waals surface area (Å²) < 4.78 is 17.1. The maximum atomic E-state index is 15.4. The van der Waals surface area contributed by atoms with Crippen molar-refractivity contribution in [2.45, 2.75) is 5.60 Å². The number of imidazole rings is 1. The number of benzene rings is 2. The van der Waals surface area contributed by atoms with Gasteiger partial charge in [-0.3, -0.25) is 4.98 Å². The summed E-state index contributed by atoms with van der Waals surface area (Å²) in [5.74, 6) is -0.657. The summed E-state index contributed by atoms with van der Waals surface area (Å²) in [6.45, 7) is 0. The van der Waals surface area contributed by atoms with E-state index >= 15 is 4.39 Å². The van der Waals surface area contributed by atoms with Gasteiger partial charge in [-0.2, -0.15) is 0 Å². The van der Waals surface area contributed by atoms with Crippen LogP contribution in [0.1, 0.15) is 16.8 Å². The highest BCUT2D eigenvalue weighted by Crippen LogP contribution is 2.42. The van der Waals surface area contributed by atoms with Crippen LogP contribution in [0.2, 0.25) is 10.2 Å². The van der Waals surface area contributed by atoms with E-state index < -0.39 is 11.4 Å². The molecule has 3 heterocycles. The van der Waals surface area contributed by atoms with Gasteiger partial charge < -0.3 is 9.67 Å². The van der Waals surface area contributed by atoms with Crippen LogP contribution in [0.4, 0.5) is 4.39 Å². The van der Waals surface area contributed by atoms with Crippen molar-refractivity contribution in [1.29, 1.82) is 0 Å². The van der Waals surface area contributed by atoms with E-state index in [0.717, 1.165) is 5.56 Å². The van der Waals surface area contributed by atoms with E-state index in [1.54, 1.807) is 42.3 Å². The van der Waals surface area contributed by atoms with E-state index in [4.69, 9.17) is 23.2 Å². The summed E-state index contributed by atoms with van der Waals surface area (Å²) in [6, 6.07) is 15.6. The predicted octanol–water partition coefficient (Wildman–Crippen LogP) is 5.76. The molecule has 0 bridgehead atoms. The van der Waals surface area contributed by atoms with Gasteiger partial charge >= 0.3 is 0 Å². The van der Waals surface area contributed by atoms with Gasteiger partial charge in [0.25, 0.3) is 0 Å². The topological polar surface area (TPSA) is 63.8 Å². The summed E-state index contributed by atoms with van der Waals surface area (Å²) in [5, 5.41) is 12.7. The van der Waals surface area contributed by atoms with Crippen LogP contribution < -0.4 is 0 Å². The lowest BCUT2D eigenvalue weighted by molar-refractivity contribution is 0.117. The Hall–Kier alpha value is -3.32. The van der Waals surface area contributed by atoms with Gasteiger partial charge in [0.2, 0.25) is 0 Å². The molecule has 0 aliphatic heterocycles. The first-order valence-electron chi connectivity index (χ1n) is 10.0. The average molecular weight is 479 g/mol. The van der Waals surface area contributed by atoms with Gasteiger partial charge in [-0.1, -0.05) is 59.6 Å². The normalized spacial score (nSPS) is 13.2. The largest absolute Gasteiger partial charge is 0.374 e. The second kappa shape index (κ2) is 8.23. The summed E-state index contributed by atoms with van der Waals surface area (Å²) in [6.07, 6.45) is 6.23. The first-order valence-corrected chi connectivity index (χ1v) is 10.8. The summed E-state index contributed by atoms with van der Waals surface area (Å²) in [5.41, 5.74) is 0.672. The van der Waals surface area contributed by atoms with E-state index in [9.17, 15) is 5.11 Å². The van der Waals surface area contributed by atoms with Crippen molar-refractivity contribution >= 4 is 34.1 Å². The zero-order chi connectivity index (χ0) is 23.2. The molecule has 2 aromatic carbocycles. The van der Waals surface area contributed by atoms with Gasteiger partial charge in [0.15, 0.2) is 5.60 Å². The average Bonchev–Trinajstić information content (AvgIpc) is 3.27. The third kappa shape index (κ3) is 3.47. The van der Waals surface area contributed by atoms with E-state index in [0.29, 0.717) is 22.2 Å². The molecule has 0 aliphatic rings.